The monoisotopic (exact) mass is 171 g/mol. The first-order valence-corrected chi connectivity index (χ1v) is 3.51. The summed E-state index contributed by atoms with van der Waals surface area (Å²) in [6.07, 6.45) is 1.68. The van der Waals surface area contributed by atoms with Crippen molar-refractivity contribution in [3.05, 3.63) is 11.9 Å². The van der Waals surface area contributed by atoms with Gasteiger partial charge in [-0.15, -0.1) is 0 Å². The van der Waals surface area contributed by atoms with Crippen molar-refractivity contribution < 1.29 is 4.79 Å². The summed E-state index contributed by atoms with van der Waals surface area (Å²) in [4.78, 5) is 12.7. The summed E-state index contributed by atoms with van der Waals surface area (Å²) in [5.74, 6) is -0.177. The van der Waals surface area contributed by atoms with Crippen molar-refractivity contribution in [3.8, 4) is 0 Å². The van der Waals surface area contributed by atoms with Gasteiger partial charge in [-0.2, -0.15) is 0 Å². The maximum atomic E-state index is 11.0. The predicted molar refractivity (Wildman–Crippen MR) is 45.6 cm³/mol. The standard InChI is InChI=1S/C6H9N3OS/c1-9(2)3-4-5(10)8-6(11)7-4/h3H,1-2H3,(H2,7,8,10,11)/b4-3-. The van der Waals surface area contributed by atoms with E-state index in [4.69, 9.17) is 12.2 Å². The maximum absolute atomic E-state index is 11.0. The van der Waals surface area contributed by atoms with Crippen molar-refractivity contribution in [2.75, 3.05) is 14.1 Å². The second kappa shape index (κ2) is 2.87. The average Bonchev–Trinajstić information content (AvgIpc) is 2.09. The second-order valence-electron chi connectivity index (χ2n) is 2.41. The molecule has 1 aliphatic rings. The number of nitrogens with one attached hydrogen (secondary N) is 2. The van der Waals surface area contributed by atoms with E-state index in [1.807, 2.05) is 14.1 Å². The third-order valence-corrected chi connectivity index (χ3v) is 1.31. The van der Waals surface area contributed by atoms with E-state index in [0.717, 1.165) is 0 Å². The summed E-state index contributed by atoms with van der Waals surface area (Å²) in [5.41, 5.74) is 0.486. The van der Waals surface area contributed by atoms with Gasteiger partial charge < -0.3 is 10.2 Å². The van der Waals surface area contributed by atoms with Crippen LogP contribution in [0.4, 0.5) is 0 Å². The number of amides is 1. The van der Waals surface area contributed by atoms with Gasteiger partial charge in [0, 0.05) is 20.3 Å². The minimum absolute atomic E-state index is 0.177. The number of rotatable bonds is 1. The van der Waals surface area contributed by atoms with Crippen LogP contribution in [0.1, 0.15) is 0 Å². The molecular formula is C6H9N3OS. The van der Waals surface area contributed by atoms with Crippen molar-refractivity contribution in [2.45, 2.75) is 0 Å². The van der Waals surface area contributed by atoms with Crippen molar-refractivity contribution in [3.63, 3.8) is 0 Å². The molecule has 0 aromatic heterocycles. The number of carbonyl (C=O) groups excluding carboxylic acids is 1. The molecule has 0 spiro atoms. The molecule has 4 nitrogen and oxygen atoms in total. The van der Waals surface area contributed by atoms with Crippen LogP contribution in [-0.4, -0.2) is 30.0 Å². The van der Waals surface area contributed by atoms with Gasteiger partial charge in [0.1, 0.15) is 5.70 Å². The minimum atomic E-state index is -0.177. The fourth-order valence-electron chi connectivity index (χ4n) is 0.730. The quantitative estimate of drug-likeness (QED) is 0.408. The molecule has 2 N–H and O–H groups in total. The van der Waals surface area contributed by atoms with Crippen LogP contribution in [0.2, 0.25) is 0 Å². The molecule has 1 aliphatic heterocycles. The minimum Gasteiger partial charge on any atom is -0.382 e. The van der Waals surface area contributed by atoms with E-state index in [9.17, 15) is 4.79 Å². The van der Waals surface area contributed by atoms with Gasteiger partial charge in [0.05, 0.1) is 0 Å². The van der Waals surface area contributed by atoms with E-state index < -0.39 is 0 Å². The fraction of sp³-hybridized carbons (Fsp3) is 0.333. The molecule has 1 amide bonds. The van der Waals surface area contributed by atoms with E-state index in [1.54, 1.807) is 11.1 Å². The van der Waals surface area contributed by atoms with Crippen LogP contribution >= 0.6 is 12.2 Å². The number of hydrogen-bond acceptors (Lipinski definition) is 3. The zero-order chi connectivity index (χ0) is 8.43. The number of thiocarbonyl (C=S) groups is 1. The Labute approximate surface area is 70.2 Å². The lowest BCUT2D eigenvalue weighted by molar-refractivity contribution is -0.115. The predicted octanol–water partition coefficient (Wildman–Crippen LogP) is -0.606. The first-order valence-electron chi connectivity index (χ1n) is 3.10. The topological polar surface area (TPSA) is 44.4 Å². The summed E-state index contributed by atoms with van der Waals surface area (Å²) in [6.45, 7) is 0. The molecule has 1 rings (SSSR count). The van der Waals surface area contributed by atoms with Crippen LogP contribution < -0.4 is 10.6 Å². The van der Waals surface area contributed by atoms with Crippen molar-refractivity contribution in [2.24, 2.45) is 0 Å². The summed E-state index contributed by atoms with van der Waals surface area (Å²) in [6, 6.07) is 0. The Kier molecular flexibility index (Phi) is 2.09. The molecule has 0 bridgehead atoms. The van der Waals surface area contributed by atoms with Gasteiger partial charge in [-0.3, -0.25) is 10.1 Å². The van der Waals surface area contributed by atoms with Crippen molar-refractivity contribution in [1.29, 1.82) is 0 Å². The Hall–Kier alpha value is -1.10. The second-order valence-corrected chi connectivity index (χ2v) is 2.82. The lowest BCUT2D eigenvalue weighted by Gasteiger charge is -2.04. The fourth-order valence-corrected chi connectivity index (χ4v) is 0.933. The Morgan fingerprint density at radius 3 is 2.45 bits per heavy atom. The highest BCUT2D eigenvalue weighted by Crippen LogP contribution is 1.97. The Morgan fingerprint density at radius 1 is 1.45 bits per heavy atom. The summed E-state index contributed by atoms with van der Waals surface area (Å²) < 4.78 is 0. The van der Waals surface area contributed by atoms with Gasteiger partial charge in [0.2, 0.25) is 0 Å². The van der Waals surface area contributed by atoms with Gasteiger partial charge in [0.15, 0.2) is 5.11 Å². The van der Waals surface area contributed by atoms with Crippen LogP contribution in [-0.2, 0) is 4.79 Å². The van der Waals surface area contributed by atoms with Crippen LogP contribution in [0, 0.1) is 0 Å². The molecule has 0 aliphatic carbocycles. The lowest BCUT2D eigenvalue weighted by atomic mass is 10.4. The average molecular weight is 171 g/mol. The van der Waals surface area contributed by atoms with Crippen LogP contribution in [0.3, 0.4) is 0 Å². The molecule has 0 saturated carbocycles. The van der Waals surface area contributed by atoms with Crippen LogP contribution in [0.5, 0.6) is 0 Å². The van der Waals surface area contributed by atoms with E-state index in [2.05, 4.69) is 10.6 Å². The Morgan fingerprint density at radius 2 is 2.09 bits per heavy atom. The molecule has 0 radical (unpaired) electrons. The normalized spacial score (nSPS) is 20.0. The highest BCUT2D eigenvalue weighted by Gasteiger charge is 2.19. The highest BCUT2D eigenvalue weighted by atomic mass is 32.1. The van der Waals surface area contributed by atoms with Crippen LogP contribution in [0.15, 0.2) is 11.9 Å². The smallest absolute Gasteiger partial charge is 0.275 e. The summed E-state index contributed by atoms with van der Waals surface area (Å²) in [5, 5.41) is 5.55. The Bertz CT molecular complexity index is 234. The molecule has 1 saturated heterocycles. The molecule has 0 unspecified atom stereocenters. The molecule has 0 aromatic rings. The Balaban J connectivity index is 2.75. The third kappa shape index (κ3) is 1.91. The number of nitrogens with zero attached hydrogens (tertiary/aromatic N) is 1. The third-order valence-electron chi connectivity index (χ3n) is 1.11. The van der Waals surface area contributed by atoms with Crippen molar-refractivity contribution >= 4 is 23.2 Å². The number of carbonyl (C=O) groups is 1. The first-order chi connectivity index (χ1) is 5.09. The SMILES string of the molecule is CN(C)/C=C1\NC(=S)NC1=O. The van der Waals surface area contributed by atoms with Crippen molar-refractivity contribution in [1.82, 2.24) is 15.5 Å². The van der Waals surface area contributed by atoms with Gasteiger partial charge in [-0.1, -0.05) is 0 Å². The van der Waals surface area contributed by atoms with E-state index >= 15 is 0 Å². The summed E-state index contributed by atoms with van der Waals surface area (Å²) >= 11 is 4.72. The lowest BCUT2D eigenvalue weighted by Crippen LogP contribution is -2.21. The zero-order valence-corrected chi connectivity index (χ0v) is 7.16. The molecule has 60 valence electrons. The van der Waals surface area contributed by atoms with E-state index in [0.29, 0.717) is 10.8 Å². The molecule has 0 atom stereocenters. The number of hydrogen-bond donors (Lipinski definition) is 2. The van der Waals surface area contributed by atoms with E-state index in [1.165, 1.54) is 0 Å². The van der Waals surface area contributed by atoms with Gasteiger partial charge >= 0.3 is 0 Å². The van der Waals surface area contributed by atoms with Gasteiger partial charge in [-0.25, -0.2) is 0 Å². The molecule has 11 heavy (non-hydrogen) atoms. The van der Waals surface area contributed by atoms with Gasteiger partial charge in [0.25, 0.3) is 5.91 Å². The zero-order valence-electron chi connectivity index (χ0n) is 6.34. The molecule has 1 heterocycles. The molecular weight excluding hydrogens is 162 g/mol. The first kappa shape index (κ1) is 8.00. The largest absolute Gasteiger partial charge is 0.382 e. The molecule has 5 heteroatoms. The highest BCUT2D eigenvalue weighted by molar-refractivity contribution is 7.80. The maximum Gasteiger partial charge on any atom is 0.275 e. The van der Waals surface area contributed by atoms with E-state index in [-0.39, 0.29) is 5.91 Å². The van der Waals surface area contributed by atoms with Crippen LogP contribution in [0.25, 0.3) is 0 Å². The van der Waals surface area contributed by atoms with Gasteiger partial charge in [-0.05, 0) is 12.2 Å². The molecule has 1 fully saturated rings. The summed E-state index contributed by atoms with van der Waals surface area (Å²) in [7, 11) is 3.67. The molecule has 0 aromatic carbocycles.